The molecule has 0 aliphatic heterocycles. The van der Waals surface area contributed by atoms with Crippen molar-refractivity contribution >= 4 is 0 Å². The molecule has 0 bridgehead atoms. The van der Waals surface area contributed by atoms with Crippen LogP contribution in [0.25, 0.3) is 16.9 Å². The summed E-state index contributed by atoms with van der Waals surface area (Å²) in [6.45, 7) is 1.84. The summed E-state index contributed by atoms with van der Waals surface area (Å²) in [4.78, 5) is 2.21. The normalized spacial score (nSPS) is 10.6. The summed E-state index contributed by atoms with van der Waals surface area (Å²) in [5, 5.41) is 16.7. The number of para-hydroxylation sites is 1. The van der Waals surface area contributed by atoms with E-state index in [9.17, 15) is 5.21 Å². The largest absolute Gasteiger partial charge is 0.692 e. The molecule has 0 radical (unpaired) electrons. The summed E-state index contributed by atoms with van der Waals surface area (Å²) < 4.78 is 0. The summed E-state index contributed by atoms with van der Waals surface area (Å²) >= 11 is 0. The van der Waals surface area contributed by atoms with Crippen molar-refractivity contribution in [2.45, 2.75) is 6.92 Å². The molecule has 0 saturated carbocycles. The lowest BCUT2D eigenvalue weighted by Gasteiger charge is -2.06. The van der Waals surface area contributed by atoms with E-state index in [0.717, 1.165) is 16.1 Å². The van der Waals surface area contributed by atoms with E-state index in [1.807, 2.05) is 67.6 Å². The summed E-state index contributed by atoms with van der Waals surface area (Å²) in [6.07, 6.45) is 0. The zero-order valence-electron chi connectivity index (χ0n) is 10.5. The molecule has 0 atom stereocenters. The molecule has 1 aromatic heterocycles. The Labute approximate surface area is 111 Å². The molecular weight excluding hydrogens is 238 g/mol. The summed E-state index contributed by atoms with van der Waals surface area (Å²) in [7, 11) is 0. The third-order valence-corrected chi connectivity index (χ3v) is 2.99. The zero-order valence-corrected chi connectivity index (χ0v) is 10.5. The summed E-state index contributed by atoms with van der Waals surface area (Å²) in [5.74, 6) is 0. The molecule has 0 amide bonds. The molecule has 4 nitrogen and oxygen atoms in total. The van der Waals surface area contributed by atoms with Crippen LogP contribution in [-0.4, -0.2) is 9.90 Å². The molecule has 0 aliphatic carbocycles. The van der Waals surface area contributed by atoms with Gasteiger partial charge in [0.2, 0.25) is 11.4 Å². The molecule has 4 heteroatoms. The van der Waals surface area contributed by atoms with E-state index in [1.165, 1.54) is 4.80 Å². The van der Waals surface area contributed by atoms with Crippen LogP contribution >= 0.6 is 0 Å². The number of aromatic nitrogens is 3. The molecule has 0 unspecified atom stereocenters. The molecule has 3 aromatic rings. The van der Waals surface area contributed by atoms with Gasteiger partial charge in [-0.25, -0.2) is 0 Å². The number of rotatable bonds is 2. The molecule has 0 spiro atoms. The second kappa shape index (κ2) is 4.57. The molecule has 2 aromatic carbocycles. The Kier molecular flexibility index (Phi) is 2.76. The first-order chi connectivity index (χ1) is 9.27. The third kappa shape index (κ3) is 1.97. The molecule has 3 rings (SSSR count). The van der Waals surface area contributed by atoms with E-state index in [0.29, 0.717) is 11.4 Å². The fourth-order valence-corrected chi connectivity index (χ4v) is 2.10. The third-order valence-electron chi connectivity index (χ3n) is 2.99. The number of nitrogens with zero attached hydrogens (tertiary/aromatic N) is 3. The lowest BCUT2D eigenvalue weighted by molar-refractivity contribution is -0.678. The lowest BCUT2D eigenvalue weighted by atomic mass is 10.1. The van der Waals surface area contributed by atoms with Gasteiger partial charge in [0, 0.05) is 17.6 Å². The van der Waals surface area contributed by atoms with Crippen LogP contribution in [0, 0.1) is 12.1 Å². The van der Waals surface area contributed by atoms with Gasteiger partial charge in [0.25, 0.3) is 0 Å². The Morgan fingerprint density at radius 3 is 2.16 bits per heavy atom. The van der Waals surface area contributed by atoms with Gasteiger partial charge in [-0.3, -0.25) is 0 Å². The van der Waals surface area contributed by atoms with Crippen molar-refractivity contribution in [1.29, 1.82) is 0 Å². The minimum atomic E-state index is 0.587. The smallest absolute Gasteiger partial charge is 0.224 e. The van der Waals surface area contributed by atoms with E-state index < -0.39 is 0 Å². The second-order valence-corrected chi connectivity index (χ2v) is 4.30. The van der Waals surface area contributed by atoms with Crippen molar-refractivity contribution in [2.75, 3.05) is 0 Å². The molecule has 94 valence electrons. The molecular formula is C15H13N3O. The maximum absolute atomic E-state index is 12.4. The van der Waals surface area contributed by atoms with Crippen molar-refractivity contribution in [2.24, 2.45) is 0 Å². The average molecular weight is 251 g/mol. The van der Waals surface area contributed by atoms with Gasteiger partial charge in [0.05, 0.1) is 0 Å². The highest BCUT2D eigenvalue weighted by atomic mass is 16.5. The SMILES string of the molecule is Cc1nn(-c2ccccc2)[n+]([O-])c1-c1ccccc1. The van der Waals surface area contributed by atoms with Gasteiger partial charge in [0.1, 0.15) is 5.69 Å². The topological polar surface area (TPSA) is 44.8 Å². The Morgan fingerprint density at radius 1 is 0.947 bits per heavy atom. The van der Waals surface area contributed by atoms with Gasteiger partial charge < -0.3 is 5.21 Å². The molecule has 0 saturated heterocycles. The predicted octanol–water partition coefficient (Wildman–Crippen LogP) is 2.48. The fourth-order valence-electron chi connectivity index (χ4n) is 2.10. The quantitative estimate of drug-likeness (QED) is 0.519. The van der Waals surface area contributed by atoms with E-state index in [-0.39, 0.29) is 0 Å². The Hall–Kier alpha value is -2.62. The van der Waals surface area contributed by atoms with E-state index in [4.69, 9.17) is 0 Å². The van der Waals surface area contributed by atoms with Crippen LogP contribution in [0.5, 0.6) is 0 Å². The fraction of sp³-hybridized carbons (Fsp3) is 0.0667. The van der Waals surface area contributed by atoms with Crippen LogP contribution in [0.3, 0.4) is 0 Å². The van der Waals surface area contributed by atoms with Crippen LogP contribution < -0.4 is 4.85 Å². The first-order valence-corrected chi connectivity index (χ1v) is 6.07. The van der Waals surface area contributed by atoms with E-state index in [1.54, 1.807) is 0 Å². The minimum absolute atomic E-state index is 0.587. The van der Waals surface area contributed by atoms with Crippen LogP contribution in [0.15, 0.2) is 60.7 Å². The van der Waals surface area contributed by atoms with Crippen LogP contribution in [0.4, 0.5) is 0 Å². The Balaban J connectivity index is 2.17. The highest BCUT2D eigenvalue weighted by Crippen LogP contribution is 2.18. The first kappa shape index (κ1) is 11.5. The van der Waals surface area contributed by atoms with Crippen molar-refractivity contribution in [1.82, 2.24) is 9.90 Å². The second-order valence-electron chi connectivity index (χ2n) is 4.30. The van der Waals surface area contributed by atoms with E-state index in [2.05, 4.69) is 5.10 Å². The Bertz CT molecular complexity index is 690. The van der Waals surface area contributed by atoms with Crippen molar-refractivity contribution in [3.63, 3.8) is 0 Å². The average Bonchev–Trinajstić information content (AvgIpc) is 2.76. The number of aryl methyl sites for hydroxylation is 1. The van der Waals surface area contributed by atoms with Gasteiger partial charge in [-0.1, -0.05) is 48.5 Å². The maximum Gasteiger partial charge on any atom is 0.224 e. The predicted molar refractivity (Wildman–Crippen MR) is 72.7 cm³/mol. The molecule has 19 heavy (non-hydrogen) atoms. The molecule has 0 N–H and O–H groups in total. The number of hydrogen-bond acceptors (Lipinski definition) is 2. The minimum Gasteiger partial charge on any atom is -0.692 e. The van der Waals surface area contributed by atoms with Gasteiger partial charge in [-0.05, 0) is 16.9 Å². The summed E-state index contributed by atoms with van der Waals surface area (Å²) in [5.41, 5.74) is 2.93. The highest BCUT2D eigenvalue weighted by Gasteiger charge is 2.20. The van der Waals surface area contributed by atoms with Gasteiger partial charge >= 0.3 is 0 Å². The number of benzene rings is 2. The maximum atomic E-state index is 12.4. The monoisotopic (exact) mass is 251 g/mol. The van der Waals surface area contributed by atoms with E-state index >= 15 is 0 Å². The van der Waals surface area contributed by atoms with Crippen LogP contribution in [0.2, 0.25) is 0 Å². The molecule has 0 fully saturated rings. The van der Waals surface area contributed by atoms with Crippen LogP contribution in [0.1, 0.15) is 5.69 Å². The van der Waals surface area contributed by atoms with Crippen molar-refractivity contribution in [3.8, 4) is 16.9 Å². The van der Waals surface area contributed by atoms with Crippen molar-refractivity contribution < 1.29 is 4.85 Å². The first-order valence-electron chi connectivity index (χ1n) is 6.07. The van der Waals surface area contributed by atoms with Crippen LogP contribution in [-0.2, 0) is 0 Å². The zero-order chi connectivity index (χ0) is 13.2. The Morgan fingerprint density at radius 2 is 1.53 bits per heavy atom. The standard InChI is InChI=1S/C15H13N3O/c1-12-15(13-8-4-2-5-9-13)18(19)17(16-12)14-10-6-3-7-11-14/h2-11H,1H3. The lowest BCUT2D eigenvalue weighted by Crippen LogP contribution is -2.38. The van der Waals surface area contributed by atoms with Gasteiger partial charge in [-0.15, -0.1) is 4.85 Å². The highest BCUT2D eigenvalue weighted by molar-refractivity contribution is 5.58. The number of hydrogen-bond donors (Lipinski definition) is 0. The van der Waals surface area contributed by atoms with Crippen molar-refractivity contribution in [3.05, 3.63) is 71.6 Å². The molecule has 0 aliphatic rings. The summed E-state index contributed by atoms with van der Waals surface area (Å²) in [6, 6.07) is 19.0. The molecule has 1 heterocycles. The van der Waals surface area contributed by atoms with Gasteiger partial charge in [-0.2, -0.15) is 0 Å². The van der Waals surface area contributed by atoms with Gasteiger partial charge in [0.15, 0.2) is 0 Å².